The summed E-state index contributed by atoms with van der Waals surface area (Å²) in [5, 5.41) is 0. The molecule has 1 nitrogen and oxygen atoms in total. The standard InChI is InChI=1S/C11H25N/c1-2-3-4-5-6-7-8-9-10-11-12/h2-12H2,1H3/i1D3,2D2,3D2,4D2,5D2,6D2,7D2,8D2,9D2,10D2,11D2. The molecule has 0 aromatic carbocycles. The largest absolute Gasteiger partial charge is 0.330 e. The maximum Gasteiger partial charge on any atom is 0.0425 e. The first-order valence-corrected chi connectivity index (χ1v) is 2.79. The lowest BCUT2D eigenvalue weighted by Crippen LogP contribution is -1.97. The molecule has 0 aromatic heterocycles. The molecule has 12 heavy (non-hydrogen) atoms. The van der Waals surface area contributed by atoms with Crippen LogP contribution < -0.4 is 5.73 Å². The molecule has 0 radical (unpaired) electrons. The molecule has 0 saturated carbocycles. The van der Waals surface area contributed by atoms with Crippen LogP contribution in [0.5, 0.6) is 0 Å². The summed E-state index contributed by atoms with van der Waals surface area (Å²) < 4.78 is 176. The summed E-state index contributed by atoms with van der Waals surface area (Å²) in [4.78, 5) is 0. The molecule has 0 aliphatic heterocycles. The Bertz CT molecular complexity index is 716. The van der Waals surface area contributed by atoms with Gasteiger partial charge < -0.3 is 5.73 Å². The van der Waals surface area contributed by atoms with Crippen molar-refractivity contribution in [2.45, 2.75) is 64.2 Å². The zero-order valence-corrected chi connectivity index (χ0v) is 6.08. The number of nitrogens with two attached hydrogens (primary N) is 1. The first kappa shape index (κ1) is 1.25. The van der Waals surface area contributed by atoms with E-state index >= 15 is 0 Å². The predicted molar refractivity (Wildman–Crippen MR) is 56.3 cm³/mol. The summed E-state index contributed by atoms with van der Waals surface area (Å²) in [5.41, 5.74) is 4.91. The van der Waals surface area contributed by atoms with E-state index in [1.54, 1.807) is 0 Å². The smallest absolute Gasteiger partial charge is 0.0425 e. The monoisotopic (exact) mass is 194 g/mol. The van der Waals surface area contributed by atoms with Crippen LogP contribution >= 0.6 is 0 Å². The minimum absolute atomic E-state index is 3.70. The number of rotatable bonds is 9. The highest BCUT2D eigenvalue weighted by molar-refractivity contribution is 4.46. The third kappa shape index (κ3) is 9.96. The van der Waals surface area contributed by atoms with Crippen molar-refractivity contribution < 1.29 is 31.5 Å². The Morgan fingerprint density at radius 2 is 1.42 bits per heavy atom. The van der Waals surface area contributed by atoms with Crippen molar-refractivity contribution in [3.05, 3.63) is 0 Å². The molecule has 0 fully saturated rings. The van der Waals surface area contributed by atoms with Crippen LogP contribution in [-0.4, -0.2) is 6.50 Å². The van der Waals surface area contributed by atoms with Crippen LogP contribution in [-0.2, 0) is 0 Å². The van der Waals surface area contributed by atoms with Crippen molar-refractivity contribution in [3.8, 4) is 0 Å². The average molecular weight is 194 g/mol. The Labute approximate surface area is 110 Å². The average Bonchev–Trinajstić information content (AvgIpc) is 2.58. The fourth-order valence-electron chi connectivity index (χ4n) is 0.255. The van der Waals surface area contributed by atoms with Crippen LogP contribution in [0.1, 0.15) is 95.7 Å². The predicted octanol–water partition coefficient (Wildman–Crippen LogP) is 3.48. The highest BCUT2D eigenvalue weighted by atomic mass is 14.5. The lowest BCUT2D eigenvalue weighted by molar-refractivity contribution is 0.567. The lowest BCUT2D eigenvalue weighted by atomic mass is 10.1. The molecule has 0 spiro atoms. The molecule has 74 valence electrons. The minimum atomic E-state index is -4.68. The van der Waals surface area contributed by atoms with Gasteiger partial charge in [-0.1, -0.05) is 57.8 Å². The van der Waals surface area contributed by atoms with E-state index in [0.29, 0.717) is 0 Å². The van der Waals surface area contributed by atoms with Crippen LogP contribution in [0.2, 0.25) is 0 Å². The Balaban J connectivity index is 7.15. The van der Waals surface area contributed by atoms with Gasteiger partial charge in [-0.2, -0.15) is 0 Å². The van der Waals surface area contributed by atoms with E-state index in [0.717, 1.165) is 0 Å². The Morgan fingerprint density at radius 1 is 0.917 bits per heavy atom. The van der Waals surface area contributed by atoms with E-state index in [9.17, 15) is 0 Å². The molecule has 2 N–H and O–H groups in total. The Hall–Kier alpha value is -0.0400. The maximum absolute atomic E-state index is 7.92. The first-order chi connectivity index (χ1) is 14.5. The molecule has 0 aliphatic rings. The lowest BCUT2D eigenvalue weighted by Gasteiger charge is -1.99. The van der Waals surface area contributed by atoms with Crippen LogP contribution in [0.25, 0.3) is 0 Å². The van der Waals surface area contributed by atoms with E-state index in [2.05, 4.69) is 0 Å². The zero-order chi connectivity index (χ0) is 29.5. The molecule has 0 aliphatic carbocycles. The number of hydrogen-bond acceptors (Lipinski definition) is 1. The van der Waals surface area contributed by atoms with Gasteiger partial charge in [0.1, 0.15) is 0 Å². The highest BCUT2D eigenvalue weighted by Gasteiger charge is 1.90. The summed E-state index contributed by atoms with van der Waals surface area (Å²) >= 11 is 0. The van der Waals surface area contributed by atoms with Gasteiger partial charge >= 0.3 is 0 Å². The van der Waals surface area contributed by atoms with Gasteiger partial charge in [0.05, 0.1) is 0 Å². The van der Waals surface area contributed by atoms with Crippen LogP contribution in [0.15, 0.2) is 0 Å². The van der Waals surface area contributed by atoms with Crippen LogP contribution in [0, 0.1) is 0 Å². The molecular formula is C11H25N. The van der Waals surface area contributed by atoms with Crippen LogP contribution in [0.3, 0.4) is 0 Å². The van der Waals surface area contributed by atoms with E-state index < -0.39 is 70.7 Å². The SMILES string of the molecule is [2H]C([2H])([2H])C([2H])([2H])C([2H])([2H])C([2H])([2H])C([2H])([2H])C([2H])([2H])C([2H])([2H])C([2H])([2H])C([2H])([2H])C([2H])([2H])C([2H])([2H])N. The van der Waals surface area contributed by atoms with Gasteiger partial charge in [0.25, 0.3) is 0 Å². The van der Waals surface area contributed by atoms with Gasteiger partial charge in [-0.15, -0.1) is 0 Å². The van der Waals surface area contributed by atoms with Gasteiger partial charge in [-0.25, -0.2) is 0 Å². The summed E-state index contributed by atoms with van der Waals surface area (Å²) in [6.45, 7) is -7.64. The van der Waals surface area contributed by atoms with Crippen LogP contribution in [0.4, 0.5) is 0 Å². The fourth-order valence-corrected chi connectivity index (χ4v) is 0.255. The fraction of sp³-hybridized carbons (Fsp3) is 1.00. The quantitative estimate of drug-likeness (QED) is 0.597. The van der Waals surface area contributed by atoms with E-state index in [-0.39, 0.29) is 0 Å². The van der Waals surface area contributed by atoms with E-state index in [1.165, 1.54) is 0 Å². The van der Waals surface area contributed by atoms with Crippen molar-refractivity contribution in [2.24, 2.45) is 5.73 Å². The summed E-state index contributed by atoms with van der Waals surface area (Å²) in [7, 11) is 0. The number of hydrogen-bond donors (Lipinski definition) is 1. The van der Waals surface area contributed by atoms with Gasteiger partial charge in [-0.05, 0) is 12.9 Å². The second kappa shape index (κ2) is 11.0. The molecular weight excluding hydrogens is 146 g/mol. The van der Waals surface area contributed by atoms with Crippen molar-refractivity contribution in [1.29, 1.82) is 0 Å². The van der Waals surface area contributed by atoms with Crippen molar-refractivity contribution in [3.63, 3.8) is 0 Å². The molecule has 1 heteroatoms. The molecule has 0 unspecified atom stereocenters. The van der Waals surface area contributed by atoms with E-state index in [4.69, 9.17) is 37.3 Å². The summed E-state index contributed by atoms with van der Waals surface area (Å²) in [6.07, 6.45) is -40.3. The van der Waals surface area contributed by atoms with Gasteiger partial charge in [0.2, 0.25) is 0 Å². The molecule has 0 heterocycles. The third-order valence-electron chi connectivity index (χ3n) is 0.572. The Morgan fingerprint density at radius 3 is 1.92 bits per heavy atom. The van der Waals surface area contributed by atoms with Gasteiger partial charge in [0, 0.05) is 31.5 Å². The minimum Gasteiger partial charge on any atom is -0.330 e. The zero-order valence-electron chi connectivity index (χ0n) is 29.1. The highest BCUT2D eigenvalue weighted by Crippen LogP contribution is 2.08. The first-order valence-electron chi connectivity index (χ1n) is 14.3. The second-order valence-electron chi connectivity index (χ2n) is 1.27. The normalized spacial score (nSPS) is 51.9. The molecule has 0 saturated heterocycles. The molecule has 0 atom stereocenters. The van der Waals surface area contributed by atoms with Crippen molar-refractivity contribution in [2.75, 3.05) is 6.50 Å². The van der Waals surface area contributed by atoms with E-state index in [1.807, 2.05) is 0 Å². The summed E-state index contributed by atoms with van der Waals surface area (Å²) in [6, 6.07) is 0. The maximum atomic E-state index is 7.92. The molecule has 0 rings (SSSR count). The topological polar surface area (TPSA) is 26.0 Å². The van der Waals surface area contributed by atoms with Gasteiger partial charge in [0.15, 0.2) is 0 Å². The third-order valence-corrected chi connectivity index (χ3v) is 0.572. The second-order valence-corrected chi connectivity index (χ2v) is 1.27. The van der Waals surface area contributed by atoms with Crippen molar-refractivity contribution in [1.82, 2.24) is 0 Å². The molecule has 0 amide bonds. The molecule has 0 bridgehead atoms. The van der Waals surface area contributed by atoms with Gasteiger partial charge in [-0.3, -0.25) is 0 Å². The molecule has 0 aromatic rings. The Kier molecular flexibility index (Phi) is 1.14. The summed E-state index contributed by atoms with van der Waals surface area (Å²) in [5.74, 6) is 0. The van der Waals surface area contributed by atoms with Crippen molar-refractivity contribution >= 4 is 0 Å².